The minimum atomic E-state index is 0.169. The van der Waals surface area contributed by atoms with Crippen molar-refractivity contribution in [3.05, 3.63) is 47.3 Å². The van der Waals surface area contributed by atoms with E-state index in [1.54, 1.807) is 11.3 Å². The first kappa shape index (κ1) is 18.7. The third-order valence-electron chi connectivity index (χ3n) is 5.81. The van der Waals surface area contributed by atoms with Crippen molar-refractivity contribution < 1.29 is 4.79 Å². The largest absolute Gasteiger partial charge is 0.340 e. The smallest absolute Gasteiger partial charge is 0.227 e. The van der Waals surface area contributed by atoms with Gasteiger partial charge in [0.2, 0.25) is 5.91 Å². The van der Waals surface area contributed by atoms with Crippen LogP contribution in [-0.4, -0.2) is 66.9 Å². The van der Waals surface area contributed by atoms with E-state index >= 15 is 0 Å². The van der Waals surface area contributed by atoms with Crippen LogP contribution in [0.1, 0.15) is 18.4 Å². The second kappa shape index (κ2) is 8.55. The molecule has 0 bridgehead atoms. The highest BCUT2D eigenvalue weighted by Crippen LogP contribution is 2.27. The molecule has 2 aliphatic rings. The minimum Gasteiger partial charge on any atom is -0.340 e. The number of nitrogens with zero attached hydrogens (tertiary/aromatic N) is 3. The highest BCUT2D eigenvalue weighted by molar-refractivity contribution is 7.13. The molecule has 5 heteroatoms. The van der Waals surface area contributed by atoms with Crippen molar-refractivity contribution in [2.75, 3.05) is 46.3 Å². The van der Waals surface area contributed by atoms with E-state index in [1.807, 2.05) is 0 Å². The number of amides is 1. The highest BCUT2D eigenvalue weighted by Gasteiger charge is 2.30. The van der Waals surface area contributed by atoms with E-state index < -0.39 is 0 Å². The van der Waals surface area contributed by atoms with E-state index in [2.05, 4.69) is 63.5 Å². The monoisotopic (exact) mass is 383 g/mol. The summed E-state index contributed by atoms with van der Waals surface area (Å²) in [4.78, 5) is 21.1. The van der Waals surface area contributed by atoms with Crippen molar-refractivity contribution in [3.63, 3.8) is 0 Å². The van der Waals surface area contributed by atoms with Gasteiger partial charge >= 0.3 is 0 Å². The fourth-order valence-electron chi connectivity index (χ4n) is 4.21. The lowest BCUT2D eigenvalue weighted by molar-refractivity contribution is -0.139. The Morgan fingerprint density at radius 3 is 2.74 bits per heavy atom. The van der Waals surface area contributed by atoms with Crippen LogP contribution < -0.4 is 0 Å². The number of piperidine rings is 1. The summed E-state index contributed by atoms with van der Waals surface area (Å²) >= 11 is 1.78. The van der Waals surface area contributed by atoms with Crippen LogP contribution in [0.15, 0.2) is 41.8 Å². The Balaban J connectivity index is 1.37. The van der Waals surface area contributed by atoms with Gasteiger partial charge in [0.15, 0.2) is 0 Å². The maximum atomic E-state index is 12.9. The average molecular weight is 384 g/mol. The molecule has 1 aromatic heterocycles. The van der Waals surface area contributed by atoms with Gasteiger partial charge in [0.05, 0.1) is 5.92 Å². The number of thiophene rings is 1. The van der Waals surface area contributed by atoms with Gasteiger partial charge in [-0.1, -0.05) is 24.3 Å². The summed E-state index contributed by atoms with van der Waals surface area (Å²) in [5.74, 6) is 0.544. The minimum absolute atomic E-state index is 0.169. The summed E-state index contributed by atoms with van der Waals surface area (Å²) in [5.41, 5.74) is 2.64. The molecule has 2 aromatic rings. The number of carbonyl (C=O) groups excluding carboxylic acids is 1. The zero-order valence-corrected chi connectivity index (χ0v) is 17.0. The van der Waals surface area contributed by atoms with Crippen LogP contribution in [0, 0.1) is 5.92 Å². The molecule has 3 heterocycles. The first-order valence-electron chi connectivity index (χ1n) is 10.0. The van der Waals surface area contributed by atoms with Crippen LogP contribution in [0.5, 0.6) is 0 Å². The van der Waals surface area contributed by atoms with Gasteiger partial charge in [-0.25, -0.2) is 0 Å². The molecule has 2 saturated heterocycles. The third kappa shape index (κ3) is 4.60. The van der Waals surface area contributed by atoms with Crippen molar-refractivity contribution >= 4 is 17.2 Å². The normalized spacial score (nSPS) is 22.1. The van der Waals surface area contributed by atoms with Gasteiger partial charge in [-0.05, 0) is 55.1 Å². The van der Waals surface area contributed by atoms with E-state index in [4.69, 9.17) is 0 Å². The molecule has 2 aliphatic heterocycles. The van der Waals surface area contributed by atoms with Crippen LogP contribution in [0.4, 0.5) is 0 Å². The van der Waals surface area contributed by atoms with Gasteiger partial charge in [0.25, 0.3) is 0 Å². The summed E-state index contributed by atoms with van der Waals surface area (Å²) < 4.78 is 0. The maximum Gasteiger partial charge on any atom is 0.227 e. The fraction of sp³-hybridized carbons (Fsp3) is 0.500. The molecule has 0 saturated carbocycles. The molecule has 0 spiro atoms. The predicted molar refractivity (Wildman–Crippen MR) is 112 cm³/mol. The van der Waals surface area contributed by atoms with Gasteiger partial charge in [-0.2, -0.15) is 0 Å². The molecule has 27 heavy (non-hydrogen) atoms. The molecule has 4 rings (SSSR count). The average Bonchev–Trinajstić information content (AvgIpc) is 3.23. The Morgan fingerprint density at radius 1 is 1.11 bits per heavy atom. The van der Waals surface area contributed by atoms with Crippen molar-refractivity contribution in [2.45, 2.75) is 19.4 Å². The molecular weight excluding hydrogens is 354 g/mol. The molecule has 144 valence electrons. The molecule has 0 N–H and O–H groups in total. The SMILES string of the molecule is CN1CCN(C(=O)C2CCCN(Cc3cccc(-c4cccs4)c3)C2)CC1. The van der Waals surface area contributed by atoms with E-state index in [0.29, 0.717) is 5.91 Å². The Bertz CT molecular complexity index is 753. The molecule has 0 radical (unpaired) electrons. The second-order valence-corrected chi connectivity index (χ2v) is 8.83. The first-order valence-corrected chi connectivity index (χ1v) is 10.9. The van der Waals surface area contributed by atoms with E-state index in [9.17, 15) is 4.79 Å². The van der Waals surface area contributed by atoms with Gasteiger partial charge < -0.3 is 9.80 Å². The Kier molecular flexibility index (Phi) is 5.91. The number of likely N-dealkylation sites (tertiary alicyclic amines) is 1. The third-order valence-corrected chi connectivity index (χ3v) is 6.73. The van der Waals surface area contributed by atoms with E-state index in [0.717, 1.165) is 58.7 Å². The van der Waals surface area contributed by atoms with Crippen molar-refractivity contribution in [3.8, 4) is 10.4 Å². The van der Waals surface area contributed by atoms with Gasteiger partial charge in [0, 0.05) is 44.1 Å². The molecule has 1 aromatic carbocycles. The summed E-state index contributed by atoms with van der Waals surface area (Å²) in [6, 6.07) is 13.1. The van der Waals surface area contributed by atoms with E-state index in [-0.39, 0.29) is 5.92 Å². The Hall–Kier alpha value is -1.69. The Morgan fingerprint density at radius 2 is 1.96 bits per heavy atom. The quantitative estimate of drug-likeness (QED) is 0.810. The summed E-state index contributed by atoms with van der Waals surface area (Å²) in [6.45, 7) is 6.69. The maximum absolute atomic E-state index is 12.9. The number of benzene rings is 1. The lowest BCUT2D eigenvalue weighted by atomic mass is 9.95. The van der Waals surface area contributed by atoms with Gasteiger partial charge in [-0.3, -0.25) is 9.69 Å². The van der Waals surface area contributed by atoms with Crippen molar-refractivity contribution in [2.24, 2.45) is 5.92 Å². The number of hydrogen-bond donors (Lipinski definition) is 0. The molecule has 1 amide bonds. The van der Waals surface area contributed by atoms with Gasteiger partial charge in [-0.15, -0.1) is 11.3 Å². The van der Waals surface area contributed by atoms with Crippen LogP contribution in [-0.2, 0) is 11.3 Å². The molecule has 0 aliphatic carbocycles. The zero-order valence-electron chi connectivity index (χ0n) is 16.1. The standard InChI is InChI=1S/C22H29N3OS/c1-23-10-12-25(13-11-23)22(26)20-7-3-9-24(17-20)16-18-5-2-6-19(15-18)21-8-4-14-27-21/h2,4-6,8,14-15,20H,3,7,9-13,16-17H2,1H3. The second-order valence-electron chi connectivity index (χ2n) is 7.88. The molecule has 4 nitrogen and oxygen atoms in total. The molecular formula is C22H29N3OS. The number of likely N-dealkylation sites (N-methyl/N-ethyl adjacent to an activating group) is 1. The van der Waals surface area contributed by atoms with Crippen LogP contribution in [0.25, 0.3) is 10.4 Å². The van der Waals surface area contributed by atoms with Crippen molar-refractivity contribution in [1.29, 1.82) is 0 Å². The number of rotatable bonds is 4. The zero-order chi connectivity index (χ0) is 18.6. The van der Waals surface area contributed by atoms with Gasteiger partial charge in [0.1, 0.15) is 0 Å². The Labute approximate surface area is 166 Å². The number of carbonyl (C=O) groups is 1. The lowest BCUT2D eigenvalue weighted by Crippen LogP contribution is -2.51. The first-order chi connectivity index (χ1) is 13.2. The van der Waals surface area contributed by atoms with Crippen LogP contribution in [0.2, 0.25) is 0 Å². The summed E-state index contributed by atoms with van der Waals surface area (Å²) in [7, 11) is 2.13. The van der Waals surface area contributed by atoms with Crippen LogP contribution in [0.3, 0.4) is 0 Å². The lowest BCUT2D eigenvalue weighted by Gasteiger charge is -2.38. The van der Waals surface area contributed by atoms with E-state index in [1.165, 1.54) is 16.0 Å². The summed E-state index contributed by atoms with van der Waals surface area (Å²) in [6.07, 6.45) is 2.16. The molecule has 1 unspecified atom stereocenters. The predicted octanol–water partition coefficient (Wildman–Crippen LogP) is 3.40. The molecule has 2 fully saturated rings. The van der Waals surface area contributed by atoms with Crippen molar-refractivity contribution in [1.82, 2.24) is 14.7 Å². The molecule has 1 atom stereocenters. The van der Waals surface area contributed by atoms with Crippen LogP contribution >= 0.6 is 11.3 Å². The summed E-state index contributed by atoms with van der Waals surface area (Å²) in [5, 5.41) is 2.13. The fourth-order valence-corrected chi connectivity index (χ4v) is 4.93. The highest BCUT2D eigenvalue weighted by atomic mass is 32.1. The topological polar surface area (TPSA) is 26.8 Å². The number of piperazine rings is 1. The number of hydrogen-bond acceptors (Lipinski definition) is 4.